The first-order chi connectivity index (χ1) is 12.1. The molecule has 6 nitrogen and oxygen atoms in total. The largest absolute Gasteiger partial charge is 0.273 e. The molecule has 0 aromatic heterocycles. The number of rotatable bonds is 3. The van der Waals surface area contributed by atoms with Crippen LogP contribution in [0.3, 0.4) is 0 Å². The molecule has 25 heavy (non-hydrogen) atoms. The second kappa shape index (κ2) is 6.13. The molecule has 4 rings (SSSR count). The summed E-state index contributed by atoms with van der Waals surface area (Å²) < 4.78 is 0. The molecule has 2 aliphatic heterocycles. The van der Waals surface area contributed by atoms with E-state index in [4.69, 9.17) is 11.6 Å². The summed E-state index contributed by atoms with van der Waals surface area (Å²) in [7, 11) is 0. The third kappa shape index (κ3) is 2.58. The first kappa shape index (κ1) is 16.1. The van der Waals surface area contributed by atoms with Crippen LogP contribution in [0.1, 0.15) is 29.6 Å². The van der Waals surface area contributed by atoms with E-state index in [0.717, 1.165) is 11.1 Å². The highest BCUT2D eigenvalue weighted by Gasteiger charge is 2.59. The van der Waals surface area contributed by atoms with Gasteiger partial charge in [-0.25, -0.2) is 5.01 Å². The van der Waals surface area contributed by atoms with E-state index in [1.807, 2.05) is 35.3 Å². The smallest absolute Gasteiger partial charge is 0.259 e. The van der Waals surface area contributed by atoms with E-state index >= 15 is 0 Å². The zero-order valence-corrected chi connectivity index (χ0v) is 14.0. The molecule has 128 valence electrons. The zero-order valence-electron chi connectivity index (χ0n) is 13.3. The Kier molecular flexibility index (Phi) is 3.94. The van der Waals surface area contributed by atoms with Crippen molar-refractivity contribution in [1.29, 1.82) is 0 Å². The molecule has 2 saturated heterocycles. The number of hydrogen-bond donors (Lipinski definition) is 0. The maximum absolute atomic E-state index is 12.5. The fourth-order valence-electron chi connectivity index (χ4n) is 3.91. The molecule has 7 heteroatoms. The third-order valence-electron chi connectivity index (χ3n) is 4.91. The molecule has 1 amide bonds. The lowest BCUT2D eigenvalue weighted by Crippen LogP contribution is -2.35. The molecule has 0 aliphatic carbocycles. The van der Waals surface area contributed by atoms with Gasteiger partial charge in [0.1, 0.15) is 12.1 Å². The summed E-state index contributed by atoms with van der Waals surface area (Å²) in [5.41, 5.74) is 1.57. The summed E-state index contributed by atoms with van der Waals surface area (Å²) in [6.07, 6.45) is 0.373. The average Bonchev–Trinajstić information content (AvgIpc) is 3.15. The fourth-order valence-corrected chi connectivity index (χ4v) is 4.03. The maximum atomic E-state index is 12.5. The minimum Gasteiger partial charge on any atom is -0.273 e. The molecule has 0 bridgehead atoms. The molecule has 2 aromatic carbocycles. The van der Waals surface area contributed by atoms with E-state index < -0.39 is 18.1 Å². The minimum absolute atomic E-state index is 0.0721. The van der Waals surface area contributed by atoms with E-state index in [1.165, 1.54) is 0 Å². The number of hydrogen-bond acceptors (Lipinski definition) is 4. The molecule has 0 spiro atoms. The van der Waals surface area contributed by atoms with Crippen LogP contribution in [0.15, 0.2) is 54.6 Å². The highest BCUT2D eigenvalue weighted by molar-refractivity contribution is 6.30. The topological polar surface area (TPSA) is 66.7 Å². The summed E-state index contributed by atoms with van der Waals surface area (Å²) >= 11 is 5.96. The van der Waals surface area contributed by atoms with Crippen LogP contribution in [0.4, 0.5) is 0 Å². The number of carbonyl (C=O) groups is 1. The number of fused-ring (bicyclic) bond motifs is 1. The molecule has 2 heterocycles. The highest BCUT2D eigenvalue weighted by atomic mass is 35.5. The zero-order chi connectivity index (χ0) is 17.6. The number of halogens is 1. The van der Waals surface area contributed by atoms with Crippen molar-refractivity contribution in [2.24, 2.45) is 0 Å². The van der Waals surface area contributed by atoms with Crippen molar-refractivity contribution in [3.05, 3.63) is 80.9 Å². The Morgan fingerprint density at radius 3 is 2.28 bits per heavy atom. The van der Waals surface area contributed by atoms with Crippen LogP contribution in [-0.2, 0) is 4.79 Å². The second-order valence-electron chi connectivity index (χ2n) is 6.28. The molecular weight excluding hydrogens is 342 g/mol. The summed E-state index contributed by atoms with van der Waals surface area (Å²) in [6.45, 7) is 0.486. The van der Waals surface area contributed by atoms with Gasteiger partial charge in [0, 0.05) is 22.9 Å². The van der Waals surface area contributed by atoms with Gasteiger partial charge in [0.05, 0.1) is 0 Å². The Labute approximate surface area is 149 Å². The van der Waals surface area contributed by atoms with Gasteiger partial charge in [0.25, 0.3) is 6.04 Å². The first-order valence-electron chi connectivity index (χ1n) is 8.10. The number of benzene rings is 2. The van der Waals surface area contributed by atoms with Crippen molar-refractivity contribution in [1.82, 2.24) is 10.0 Å². The van der Waals surface area contributed by atoms with Gasteiger partial charge in [-0.05, 0) is 23.3 Å². The van der Waals surface area contributed by atoms with Crippen molar-refractivity contribution in [2.75, 3.05) is 6.54 Å². The van der Waals surface area contributed by atoms with E-state index in [1.54, 1.807) is 29.3 Å². The van der Waals surface area contributed by atoms with Crippen LogP contribution in [0.2, 0.25) is 5.02 Å². The maximum Gasteiger partial charge on any atom is 0.259 e. The number of amides is 1. The predicted molar refractivity (Wildman–Crippen MR) is 92.3 cm³/mol. The molecule has 0 saturated carbocycles. The third-order valence-corrected chi connectivity index (χ3v) is 5.17. The van der Waals surface area contributed by atoms with Gasteiger partial charge in [0.2, 0.25) is 5.91 Å². The van der Waals surface area contributed by atoms with E-state index in [9.17, 15) is 14.9 Å². The standard InChI is InChI=1S/C18H16ClN3O3/c19-14-8-6-13(7-9-14)16-18(22(24)25)17(12-4-2-1-3-5-12)21-15(23)10-11-20(16)21/h1-9,16-18H,10-11H2/t16-,17-,18+/m1/s1. The van der Waals surface area contributed by atoms with Crippen LogP contribution < -0.4 is 0 Å². The summed E-state index contributed by atoms with van der Waals surface area (Å²) in [4.78, 5) is 24.2. The summed E-state index contributed by atoms with van der Waals surface area (Å²) in [5.74, 6) is -0.0721. The van der Waals surface area contributed by atoms with E-state index in [2.05, 4.69) is 0 Å². The van der Waals surface area contributed by atoms with Gasteiger partial charge >= 0.3 is 0 Å². The van der Waals surface area contributed by atoms with Crippen molar-refractivity contribution in [3.8, 4) is 0 Å². The van der Waals surface area contributed by atoms with E-state index in [-0.39, 0.29) is 10.8 Å². The van der Waals surface area contributed by atoms with Crippen molar-refractivity contribution in [3.63, 3.8) is 0 Å². The van der Waals surface area contributed by atoms with Crippen LogP contribution >= 0.6 is 11.6 Å². The number of hydrazine groups is 1. The molecule has 3 atom stereocenters. The molecule has 2 aliphatic rings. The van der Waals surface area contributed by atoms with Gasteiger partial charge in [-0.15, -0.1) is 0 Å². The normalized spacial score (nSPS) is 26.0. The van der Waals surface area contributed by atoms with Gasteiger partial charge in [-0.2, -0.15) is 0 Å². The Bertz CT molecular complexity index is 812. The van der Waals surface area contributed by atoms with Crippen LogP contribution in [0.5, 0.6) is 0 Å². The van der Waals surface area contributed by atoms with E-state index in [0.29, 0.717) is 18.0 Å². The molecule has 0 radical (unpaired) electrons. The van der Waals surface area contributed by atoms with Crippen molar-refractivity contribution >= 4 is 17.5 Å². The van der Waals surface area contributed by atoms with Gasteiger partial charge in [-0.3, -0.25) is 19.9 Å². The molecule has 2 aromatic rings. The molecule has 0 unspecified atom stereocenters. The fraction of sp³-hybridized carbons (Fsp3) is 0.278. The average molecular weight is 358 g/mol. The summed E-state index contributed by atoms with van der Waals surface area (Å²) in [6, 6.07) is 14.3. The lowest BCUT2D eigenvalue weighted by molar-refractivity contribution is -0.530. The Balaban J connectivity index is 1.85. The van der Waals surface area contributed by atoms with Crippen molar-refractivity contribution < 1.29 is 9.72 Å². The molecule has 0 N–H and O–H groups in total. The first-order valence-corrected chi connectivity index (χ1v) is 8.48. The number of nitro groups is 1. The monoisotopic (exact) mass is 357 g/mol. The van der Waals surface area contributed by atoms with Gasteiger partial charge in [-0.1, -0.05) is 54.1 Å². The lowest BCUT2D eigenvalue weighted by atomic mass is 9.91. The Hall–Kier alpha value is -2.44. The number of carbonyl (C=O) groups excluding carboxylic acids is 1. The summed E-state index contributed by atoms with van der Waals surface area (Å²) in [5, 5.41) is 16.0. The molecular formula is C18H16ClN3O3. The van der Waals surface area contributed by atoms with Crippen LogP contribution in [0.25, 0.3) is 0 Å². The van der Waals surface area contributed by atoms with Crippen molar-refractivity contribution in [2.45, 2.75) is 24.5 Å². The quantitative estimate of drug-likeness (QED) is 0.624. The highest BCUT2D eigenvalue weighted by Crippen LogP contribution is 2.48. The molecule has 2 fully saturated rings. The Morgan fingerprint density at radius 1 is 1.00 bits per heavy atom. The predicted octanol–water partition coefficient (Wildman–Crippen LogP) is 3.23. The SMILES string of the molecule is O=C1CCN2[C@H](c3ccc(Cl)cc3)[C@H]([N+](=O)[O-])[C@@H](c3ccccc3)N12. The van der Waals surface area contributed by atoms with Gasteiger partial charge in [0.15, 0.2) is 0 Å². The second-order valence-corrected chi connectivity index (χ2v) is 6.72. The van der Waals surface area contributed by atoms with Crippen LogP contribution in [0, 0.1) is 10.1 Å². The number of nitrogens with zero attached hydrogens (tertiary/aromatic N) is 3. The minimum atomic E-state index is -0.937. The van der Waals surface area contributed by atoms with Gasteiger partial charge < -0.3 is 0 Å². The lowest BCUT2D eigenvalue weighted by Gasteiger charge is -2.26. The Morgan fingerprint density at radius 2 is 1.64 bits per heavy atom. The van der Waals surface area contributed by atoms with Crippen LogP contribution in [-0.4, -0.2) is 33.4 Å².